The van der Waals surface area contributed by atoms with Gasteiger partial charge in [-0.25, -0.2) is 0 Å². The highest BCUT2D eigenvalue weighted by atomic mass is 35.5. The fourth-order valence-electron chi connectivity index (χ4n) is 1.61. The van der Waals surface area contributed by atoms with Gasteiger partial charge in [-0.3, -0.25) is 4.68 Å². The minimum absolute atomic E-state index is 0.298. The highest BCUT2D eigenvalue weighted by Gasteiger charge is 2.09. The number of nitrogens with zero attached hydrogens (tertiary/aromatic N) is 2. The number of rotatable bonds is 6. The first-order chi connectivity index (χ1) is 7.50. The van der Waals surface area contributed by atoms with E-state index < -0.39 is 0 Å². The molecule has 0 spiro atoms. The molecule has 1 unspecified atom stereocenters. The molecule has 0 aliphatic carbocycles. The van der Waals surface area contributed by atoms with E-state index in [1.165, 1.54) is 5.69 Å². The van der Waals surface area contributed by atoms with Crippen LogP contribution in [0, 0.1) is 5.92 Å². The van der Waals surface area contributed by atoms with Crippen molar-refractivity contribution in [2.24, 2.45) is 5.92 Å². The summed E-state index contributed by atoms with van der Waals surface area (Å²) < 4.78 is 2.01. The monoisotopic (exact) mass is 242 g/mol. The molecule has 3 heteroatoms. The van der Waals surface area contributed by atoms with Crippen LogP contribution in [-0.2, 0) is 6.42 Å². The van der Waals surface area contributed by atoms with Crippen LogP contribution < -0.4 is 0 Å². The number of hydrogen-bond acceptors (Lipinski definition) is 1. The molecule has 1 heterocycles. The van der Waals surface area contributed by atoms with Gasteiger partial charge in [0.15, 0.2) is 0 Å². The molecule has 0 aliphatic heterocycles. The lowest BCUT2D eigenvalue weighted by atomic mass is 10.0. The van der Waals surface area contributed by atoms with Crippen LogP contribution in [0.1, 0.15) is 52.3 Å². The molecule has 0 N–H and O–H groups in total. The van der Waals surface area contributed by atoms with Gasteiger partial charge in [-0.1, -0.05) is 13.8 Å². The van der Waals surface area contributed by atoms with Gasteiger partial charge >= 0.3 is 0 Å². The Balaban J connectivity index is 2.32. The molecular weight excluding hydrogens is 220 g/mol. The van der Waals surface area contributed by atoms with E-state index in [1.54, 1.807) is 0 Å². The van der Waals surface area contributed by atoms with Crippen LogP contribution in [0.2, 0.25) is 0 Å². The number of halogens is 1. The summed E-state index contributed by atoms with van der Waals surface area (Å²) in [5, 5.41) is 4.82. The van der Waals surface area contributed by atoms with Gasteiger partial charge in [-0.15, -0.1) is 11.6 Å². The summed E-state index contributed by atoms with van der Waals surface area (Å²) in [7, 11) is 0. The fourth-order valence-corrected chi connectivity index (χ4v) is 1.76. The molecule has 1 aromatic heterocycles. The van der Waals surface area contributed by atoms with Crippen LogP contribution in [0.5, 0.6) is 0 Å². The van der Waals surface area contributed by atoms with E-state index in [9.17, 15) is 0 Å². The Morgan fingerprint density at radius 2 is 2.00 bits per heavy atom. The number of aromatic nitrogens is 2. The van der Waals surface area contributed by atoms with Crippen LogP contribution >= 0.6 is 11.6 Å². The van der Waals surface area contributed by atoms with Crippen LogP contribution in [0.15, 0.2) is 12.3 Å². The number of hydrogen-bond donors (Lipinski definition) is 0. The Morgan fingerprint density at radius 3 is 2.50 bits per heavy atom. The SMILES string of the molecule is CC(C)C(Cl)CCCc1ccn(C(C)C)n1. The molecule has 1 aromatic rings. The standard InChI is InChI=1S/C13H23ClN2/c1-10(2)13(14)7-5-6-12-8-9-16(15-12)11(3)4/h8-11,13H,5-7H2,1-4H3. The van der Waals surface area contributed by atoms with Crippen molar-refractivity contribution in [3.8, 4) is 0 Å². The van der Waals surface area contributed by atoms with Crippen molar-refractivity contribution in [1.29, 1.82) is 0 Å². The fraction of sp³-hybridized carbons (Fsp3) is 0.769. The Morgan fingerprint density at radius 1 is 1.31 bits per heavy atom. The summed E-state index contributed by atoms with van der Waals surface area (Å²) in [4.78, 5) is 0. The zero-order chi connectivity index (χ0) is 12.1. The van der Waals surface area contributed by atoms with Crippen molar-refractivity contribution in [3.63, 3.8) is 0 Å². The Bertz CT molecular complexity index is 305. The van der Waals surface area contributed by atoms with Crippen LogP contribution in [0.4, 0.5) is 0 Å². The second kappa shape index (κ2) is 6.29. The molecule has 0 radical (unpaired) electrons. The average Bonchev–Trinajstić information content (AvgIpc) is 2.66. The van der Waals surface area contributed by atoms with Crippen molar-refractivity contribution in [3.05, 3.63) is 18.0 Å². The molecule has 0 bridgehead atoms. The maximum Gasteiger partial charge on any atom is 0.0624 e. The summed E-state index contributed by atoms with van der Waals surface area (Å²) in [5.74, 6) is 0.565. The summed E-state index contributed by atoms with van der Waals surface area (Å²) in [5.41, 5.74) is 1.18. The maximum atomic E-state index is 6.21. The number of alkyl halides is 1. The average molecular weight is 243 g/mol. The lowest BCUT2D eigenvalue weighted by molar-refractivity contribution is 0.517. The summed E-state index contributed by atoms with van der Waals surface area (Å²) in [6.07, 6.45) is 5.30. The molecule has 92 valence electrons. The molecule has 0 aromatic carbocycles. The van der Waals surface area contributed by atoms with E-state index >= 15 is 0 Å². The first kappa shape index (κ1) is 13.6. The largest absolute Gasteiger partial charge is 0.270 e. The molecule has 16 heavy (non-hydrogen) atoms. The van der Waals surface area contributed by atoms with E-state index in [0.29, 0.717) is 17.3 Å². The van der Waals surface area contributed by atoms with Crippen molar-refractivity contribution in [2.45, 2.75) is 58.4 Å². The van der Waals surface area contributed by atoms with Crippen LogP contribution in [0.25, 0.3) is 0 Å². The lowest BCUT2D eigenvalue weighted by Crippen LogP contribution is -2.08. The van der Waals surface area contributed by atoms with E-state index in [0.717, 1.165) is 19.3 Å². The second-order valence-corrected chi connectivity index (χ2v) is 5.59. The topological polar surface area (TPSA) is 17.8 Å². The summed E-state index contributed by atoms with van der Waals surface area (Å²) in [6, 6.07) is 2.56. The summed E-state index contributed by atoms with van der Waals surface area (Å²) >= 11 is 6.21. The molecule has 2 nitrogen and oxygen atoms in total. The van der Waals surface area contributed by atoms with E-state index in [-0.39, 0.29) is 0 Å². The van der Waals surface area contributed by atoms with Crippen LogP contribution in [0.3, 0.4) is 0 Å². The van der Waals surface area contributed by atoms with Crippen molar-refractivity contribution in [1.82, 2.24) is 9.78 Å². The third-order valence-electron chi connectivity index (χ3n) is 2.83. The quantitative estimate of drug-likeness (QED) is 0.689. The van der Waals surface area contributed by atoms with Gasteiger partial charge in [0.2, 0.25) is 0 Å². The molecule has 0 saturated carbocycles. The molecular formula is C13H23ClN2. The smallest absolute Gasteiger partial charge is 0.0624 e. The van der Waals surface area contributed by atoms with Gasteiger partial charge in [-0.05, 0) is 45.1 Å². The predicted octanol–water partition coefficient (Wildman–Crippen LogP) is 4.05. The lowest BCUT2D eigenvalue weighted by Gasteiger charge is -2.12. The van der Waals surface area contributed by atoms with Gasteiger partial charge in [0.25, 0.3) is 0 Å². The molecule has 1 rings (SSSR count). The molecule has 0 amide bonds. The Hall–Kier alpha value is -0.500. The first-order valence-corrected chi connectivity index (χ1v) is 6.62. The van der Waals surface area contributed by atoms with Gasteiger partial charge in [0.1, 0.15) is 0 Å². The van der Waals surface area contributed by atoms with E-state index in [2.05, 4.69) is 45.1 Å². The highest BCUT2D eigenvalue weighted by Crippen LogP contribution is 2.17. The van der Waals surface area contributed by atoms with Gasteiger partial charge < -0.3 is 0 Å². The minimum Gasteiger partial charge on any atom is -0.270 e. The zero-order valence-corrected chi connectivity index (χ0v) is 11.5. The van der Waals surface area contributed by atoms with Gasteiger partial charge in [0.05, 0.1) is 5.69 Å². The van der Waals surface area contributed by atoms with Crippen molar-refractivity contribution < 1.29 is 0 Å². The normalized spacial score (nSPS) is 13.7. The van der Waals surface area contributed by atoms with E-state index in [4.69, 9.17) is 11.6 Å². The van der Waals surface area contributed by atoms with Gasteiger partial charge in [-0.2, -0.15) is 5.10 Å². The molecule has 0 saturated heterocycles. The van der Waals surface area contributed by atoms with E-state index in [1.807, 2.05) is 4.68 Å². The summed E-state index contributed by atoms with van der Waals surface area (Å²) in [6.45, 7) is 8.63. The Labute approximate surface area is 104 Å². The number of aryl methyl sites for hydroxylation is 1. The predicted molar refractivity (Wildman–Crippen MR) is 70.0 cm³/mol. The third-order valence-corrected chi connectivity index (χ3v) is 3.55. The molecule has 0 aliphatic rings. The van der Waals surface area contributed by atoms with Gasteiger partial charge in [0, 0.05) is 17.6 Å². The Kier molecular flexibility index (Phi) is 5.33. The third kappa shape index (κ3) is 4.17. The zero-order valence-electron chi connectivity index (χ0n) is 10.8. The van der Waals surface area contributed by atoms with Crippen LogP contribution in [-0.4, -0.2) is 15.2 Å². The first-order valence-electron chi connectivity index (χ1n) is 6.18. The molecule has 0 fully saturated rings. The highest BCUT2D eigenvalue weighted by molar-refractivity contribution is 6.20. The maximum absolute atomic E-state index is 6.21. The molecule has 1 atom stereocenters. The van der Waals surface area contributed by atoms with Crippen molar-refractivity contribution in [2.75, 3.05) is 0 Å². The second-order valence-electron chi connectivity index (χ2n) is 5.03. The minimum atomic E-state index is 0.298. The van der Waals surface area contributed by atoms with Crippen molar-refractivity contribution >= 4 is 11.6 Å².